The third-order valence-corrected chi connectivity index (χ3v) is 9.36. The number of cyclic esters (lactones) is 1. The highest BCUT2D eigenvalue weighted by molar-refractivity contribution is 5.78. The molecule has 0 spiro atoms. The summed E-state index contributed by atoms with van der Waals surface area (Å²) in [6.07, 6.45) is 7.56. The second-order valence-corrected chi connectivity index (χ2v) is 13.3. The van der Waals surface area contributed by atoms with Gasteiger partial charge in [0.2, 0.25) is 0 Å². The third-order valence-electron chi connectivity index (χ3n) is 9.36. The summed E-state index contributed by atoms with van der Waals surface area (Å²) < 4.78 is 28.4. The number of esters is 2. The number of aliphatic hydroxyl groups is 3. The topological polar surface area (TPSA) is 161 Å². The quantitative estimate of drug-likeness (QED) is 0.170. The number of epoxide rings is 1. The molecule has 11 heteroatoms. The van der Waals surface area contributed by atoms with Gasteiger partial charge in [-0.2, -0.15) is 0 Å². The number of methoxy groups -OCH3 is 1. The van der Waals surface area contributed by atoms with Crippen LogP contribution in [0.2, 0.25) is 0 Å². The number of hydrogen-bond acceptors (Lipinski definition) is 11. The van der Waals surface area contributed by atoms with Crippen molar-refractivity contribution >= 4 is 18.0 Å². The summed E-state index contributed by atoms with van der Waals surface area (Å²) in [7, 11) is 1.56. The SMILES string of the molecule is CO[C@@H](/C(C)=C/C=C/C(C)=C/c1coc(C)n1)[C@@H](C)[C@@H]1C[C@H](O)[C@@](C)(O)[C@@H](O)/C=C/[C@@H](C)[C@H]2C[C@H](CC(=O)O2)C[C@@H]2O[C@H]2C(=O)O1. The lowest BCUT2D eigenvalue weighted by Crippen LogP contribution is -2.51. The first-order valence-electron chi connectivity index (χ1n) is 16.0. The molecule has 2 bridgehead atoms. The van der Waals surface area contributed by atoms with Crippen molar-refractivity contribution in [3.8, 4) is 0 Å². The van der Waals surface area contributed by atoms with Gasteiger partial charge in [-0.25, -0.2) is 9.78 Å². The lowest BCUT2D eigenvalue weighted by Gasteiger charge is -2.37. The molecule has 4 heterocycles. The van der Waals surface area contributed by atoms with Gasteiger partial charge >= 0.3 is 11.9 Å². The number of ether oxygens (including phenoxy) is 4. The Morgan fingerprint density at radius 1 is 1.13 bits per heavy atom. The number of carbonyl (C=O) groups excluding carboxylic acids is 2. The van der Waals surface area contributed by atoms with Crippen LogP contribution < -0.4 is 0 Å². The third kappa shape index (κ3) is 9.04. The van der Waals surface area contributed by atoms with Crippen LogP contribution in [0, 0.1) is 24.7 Å². The molecule has 0 unspecified atom stereocenters. The summed E-state index contributed by atoms with van der Waals surface area (Å²) in [5.41, 5.74) is 0.544. The molecule has 2 fully saturated rings. The Kier molecular flexibility index (Phi) is 11.8. The van der Waals surface area contributed by atoms with E-state index in [9.17, 15) is 24.9 Å². The fraction of sp³-hybridized carbons (Fsp3) is 0.629. The Hall–Kier alpha value is -3.09. The minimum atomic E-state index is -1.98. The molecule has 1 aromatic heterocycles. The Bertz CT molecular complexity index is 1340. The van der Waals surface area contributed by atoms with Crippen LogP contribution in [0.5, 0.6) is 0 Å². The van der Waals surface area contributed by atoms with Gasteiger partial charge in [-0.1, -0.05) is 44.2 Å². The van der Waals surface area contributed by atoms with E-state index in [0.29, 0.717) is 18.7 Å². The Morgan fingerprint density at radius 2 is 1.85 bits per heavy atom. The fourth-order valence-electron chi connectivity index (χ4n) is 6.30. The van der Waals surface area contributed by atoms with Crippen molar-refractivity contribution in [3.63, 3.8) is 0 Å². The van der Waals surface area contributed by atoms with Crippen LogP contribution in [0.4, 0.5) is 0 Å². The predicted molar refractivity (Wildman–Crippen MR) is 169 cm³/mol. The van der Waals surface area contributed by atoms with Gasteiger partial charge in [-0.05, 0) is 56.8 Å². The average Bonchev–Trinajstić information content (AvgIpc) is 3.64. The van der Waals surface area contributed by atoms with E-state index >= 15 is 0 Å². The molecule has 4 rings (SSSR count). The second-order valence-electron chi connectivity index (χ2n) is 13.3. The van der Waals surface area contributed by atoms with E-state index in [1.807, 2.05) is 52.0 Å². The number of carbonyl (C=O) groups is 2. The van der Waals surface area contributed by atoms with Crippen molar-refractivity contribution in [1.29, 1.82) is 0 Å². The highest BCUT2D eigenvalue weighted by atomic mass is 16.6. The monoisotopic (exact) mass is 643 g/mol. The number of aryl methyl sites for hydroxylation is 1. The molecular formula is C35H49NO10. The molecule has 0 saturated carbocycles. The molecule has 2 saturated heterocycles. The lowest BCUT2D eigenvalue weighted by atomic mass is 9.82. The van der Waals surface area contributed by atoms with E-state index in [0.717, 1.165) is 16.8 Å². The summed E-state index contributed by atoms with van der Waals surface area (Å²) in [6.45, 7) is 10.7. The van der Waals surface area contributed by atoms with Crippen LogP contribution in [0.25, 0.3) is 6.08 Å². The first-order chi connectivity index (χ1) is 21.7. The Morgan fingerprint density at radius 3 is 2.52 bits per heavy atom. The number of rotatable bonds is 7. The molecule has 0 aromatic carbocycles. The van der Waals surface area contributed by atoms with Gasteiger partial charge in [0.15, 0.2) is 12.0 Å². The minimum Gasteiger partial charge on any atom is -0.462 e. The van der Waals surface area contributed by atoms with Gasteiger partial charge in [-0.3, -0.25) is 4.79 Å². The number of allylic oxidation sites excluding steroid dienone is 4. The highest BCUT2D eigenvalue weighted by Gasteiger charge is 2.50. The van der Waals surface area contributed by atoms with Gasteiger partial charge in [0.1, 0.15) is 35.9 Å². The zero-order chi connectivity index (χ0) is 33.8. The molecule has 46 heavy (non-hydrogen) atoms. The summed E-state index contributed by atoms with van der Waals surface area (Å²) >= 11 is 0. The van der Waals surface area contributed by atoms with E-state index in [2.05, 4.69) is 4.98 Å². The predicted octanol–water partition coefficient (Wildman–Crippen LogP) is 4.00. The van der Waals surface area contributed by atoms with Gasteiger partial charge in [-0.15, -0.1) is 0 Å². The van der Waals surface area contributed by atoms with Crippen LogP contribution in [0.15, 0.2) is 52.2 Å². The molecule has 0 radical (unpaired) electrons. The largest absolute Gasteiger partial charge is 0.462 e. The van der Waals surface area contributed by atoms with E-state index in [-0.39, 0.29) is 36.8 Å². The van der Waals surface area contributed by atoms with E-state index < -0.39 is 54.1 Å². The molecule has 0 amide bonds. The maximum Gasteiger partial charge on any atom is 0.338 e. The summed E-state index contributed by atoms with van der Waals surface area (Å²) in [4.78, 5) is 30.0. The van der Waals surface area contributed by atoms with Crippen LogP contribution in [0.1, 0.15) is 71.9 Å². The van der Waals surface area contributed by atoms with Crippen molar-refractivity contribution in [1.82, 2.24) is 4.98 Å². The van der Waals surface area contributed by atoms with Crippen LogP contribution in [0.3, 0.4) is 0 Å². The van der Waals surface area contributed by atoms with Crippen molar-refractivity contribution in [2.75, 3.05) is 7.11 Å². The number of aromatic nitrogens is 1. The van der Waals surface area contributed by atoms with Crippen molar-refractivity contribution in [3.05, 3.63) is 59.4 Å². The fourth-order valence-corrected chi connectivity index (χ4v) is 6.30. The lowest BCUT2D eigenvalue weighted by molar-refractivity contribution is -0.166. The molecule has 3 aliphatic heterocycles. The number of hydrogen-bond donors (Lipinski definition) is 3. The Balaban J connectivity index is 1.55. The van der Waals surface area contributed by atoms with Gasteiger partial charge in [0.05, 0.1) is 18.3 Å². The summed E-state index contributed by atoms with van der Waals surface area (Å²) in [5.74, 6) is -1.04. The highest BCUT2D eigenvalue weighted by Crippen LogP contribution is 2.38. The maximum atomic E-state index is 13.3. The van der Waals surface area contributed by atoms with Crippen molar-refractivity contribution in [2.24, 2.45) is 17.8 Å². The maximum absolute atomic E-state index is 13.3. The van der Waals surface area contributed by atoms with Gasteiger partial charge in [0.25, 0.3) is 0 Å². The van der Waals surface area contributed by atoms with Crippen LogP contribution >= 0.6 is 0 Å². The van der Waals surface area contributed by atoms with Crippen LogP contribution in [-0.2, 0) is 28.5 Å². The van der Waals surface area contributed by atoms with Crippen molar-refractivity contribution < 1.29 is 48.3 Å². The molecule has 254 valence electrons. The molecule has 0 aliphatic carbocycles. The van der Waals surface area contributed by atoms with Gasteiger partial charge in [0, 0.05) is 38.7 Å². The van der Waals surface area contributed by atoms with E-state index in [1.165, 1.54) is 13.0 Å². The molecule has 11 atom stereocenters. The van der Waals surface area contributed by atoms with Crippen LogP contribution in [-0.4, -0.2) is 87.7 Å². The minimum absolute atomic E-state index is 0.0281. The van der Waals surface area contributed by atoms with Crippen molar-refractivity contribution in [2.45, 2.75) is 116 Å². The molecule has 3 N–H and O–H groups in total. The number of nitrogens with zero attached hydrogens (tertiary/aromatic N) is 1. The first kappa shape index (κ1) is 35.8. The number of aliphatic hydroxyl groups excluding tert-OH is 2. The smallest absolute Gasteiger partial charge is 0.338 e. The molecule has 3 aliphatic rings. The first-order valence-corrected chi connectivity index (χ1v) is 16.0. The molecule has 1 aromatic rings. The Labute approximate surface area is 271 Å². The average molecular weight is 644 g/mol. The standard InChI is InChI=1S/C35H49NO10/c1-19(13-25-18-43-23(5)36-25)9-8-10-21(3)32(42-7)22(4)27-17-30(38)35(6,41)29(37)12-11-20(2)26-14-24(16-31(39)44-26)15-28-33(45-28)34(40)46-27/h8-13,18,20,22,24,26-30,32-33,37-38,41H,14-17H2,1-7H3/b9-8+,12-11+,19-13+,21-10+/t20-,22+,24+,26-,27+,28+,29+,30+,32+,33-,35+/m1/s1. The zero-order valence-corrected chi connectivity index (χ0v) is 27.8. The number of oxazole rings is 1. The number of fused-ring (bicyclic) bond motifs is 3. The van der Waals surface area contributed by atoms with Gasteiger partial charge < -0.3 is 38.7 Å². The molecular weight excluding hydrogens is 594 g/mol. The summed E-state index contributed by atoms with van der Waals surface area (Å²) in [6, 6.07) is 0. The summed E-state index contributed by atoms with van der Waals surface area (Å²) in [5, 5.41) is 33.4. The van der Waals surface area contributed by atoms with E-state index in [1.54, 1.807) is 26.4 Å². The normalized spacial score (nSPS) is 36.8. The van der Waals surface area contributed by atoms with E-state index in [4.69, 9.17) is 23.4 Å². The second kappa shape index (κ2) is 15.2. The zero-order valence-electron chi connectivity index (χ0n) is 27.8. The molecule has 11 nitrogen and oxygen atoms in total.